The molecule has 1 aromatic rings. The first-order chi connectivity index (χ1) is 13.3. The van der Waals surface area contributed by atoms with Gasteiger partial charge in [0.25, 0.3) is 5.69 Å². The lowest BCUT2D eigenvalue weighted by Crippen LogP contribution is -2.74. The topological polar surface area (TPSA) is 110 Å². The number of carbonyl (C=O) groups is 2. The van der Waals surface area contributed by atoms with E-state index in [0.717, 1.165) is 0 Å². The highest BCUT2D eigenvalue weighted by Crippen LogP contribution is 2.46. The summed E-state index contributed by atoms with van der Waals surface area (Å²) in [5.41, 5.74) is 0.556. The quantitative estimate of drug-likeness (QED) is 0.180. The molecule has 0 saturated carbocycles. The summed E-state index contributed by atoms with van der Waals surface area (Å²) in [4.78, 5) is 35.8. The van der Waals surface area contributed by atoms with Gasteiger partial charge in [0.2, 0.25) is 5.91 Å². The molecule has 0 bridgehead atoms. The third-order valence-electron chi connectivity index (χ3n) is 6.02. The van der Waals surface area contributed by atoms with Crippen LogP contribution in [0.2, 0.25) is 18.1 Å². The first-order valence-electron chi connectivity index (χ1n) is 9.68. The molecule has 3 unspecified atom stereocenters. The van der Waals surface area contributed by atoms with Gasteiger partial charge < -0.3 is 14.4 Å². The van der Waals surface area contributed by atoms with Gasteiger partial charge in [0.15, 0.2) is 14.2 Å². The van der Waals surface area contributed by atoms with E-state index in [9.17, 15) is 24.8 Å². The molecular formula is C20H30N2O6Si. The summed E-state index contributed by atoms with van der Waals surface area (Å²) in [7, 11) is -2.21. The Morgan fingerprint density at radius 1 is 1.31 bits per heavy atom. The zero-order chi connectivity index (χ0) is 22.1. The molecule has 8 nitrogen and oxygen atoms in total. The first kappa shape index (κ1) is 23.0. The number of rotatable bonds is 7. The molecule has 160 valence electrons. The maximum absolute atomic E-state index is 12.9. The van der Waals surface area contributed by atoms with Crippen molar-refractivity contribution in [1.29, 1.82) is 0 Å². The number of carbonyl (C=O) groups excluding carboxylic acids is 2. The van der Waals surface area contributed by atoms with Crippen LogP contribution in [0, 0.1) is 16.0 Å². The van der Waals surface area contributed by atoms with Crippen molar-refractivity contribution in [2.24, 2.45) is 5.92 Å². The lowest BCUT2D eigenvalue weighted by molar-refractivity contribution is -0.384. The van der Waals surface area contributed by atoms with Crippen molar-refractivity contribution >= 4 is 25.8 Å². The van der Waals surface area contributed by atoms with Crippen LogP contribution in [-0.4, -0.2) is 46.9 Å². The van der Waals surface area contributed by atoms with Crippen molar-refractivity contribution in [2.45, 2.75) is 71.0 Å². The van der Waals surface area contributed by atoms with Gasteiger partial charge in [-0.25, -0.2) is 0 Å². The van der Waals surface area contributed by atoms with E-state index in [1.54, 1.807) is 6.92 Å². The van der Waals surface area contributed by atoms with Crippen molar-refractivity contribution in [3.8, 4) is 0 Å². The molecule has 3 atom stereocenters. The number of benzene rings is 1. The third-order valence-corrected chi connectivity index (χ3v) is 11.4. The fourth-order valence-electron chi connectivity index (χ4n) is 3.40. The van der Waals surface area contributed by atoms with Crippen LogP contribution < -0.4 is 0 Å². The van der Waals surface area contributed by atoms with Crippen LogP contribution in [0.5, 0.6) is 0 Å². The third kappa shape index (κ3) is 4.67. The first-order valence-corrected chi connectivity index (χ1v) is 12.6. The molecule has 1 fully saturated rings. The van der Waals surface area contributed by atoms with Crippen LogP contribution in [0.4, 0.5) is 5.69 Å². The second-order valence-electron chi connectivity index (χ2n) is 9.18. The van der Waals surface area contributed by atoms with Crippen molar-refractivity contribution in [3.05, 3.63) is 39.9 Å². The van der Waals surface area contributed by atoms with Gasteiger partial charge in [-0.3, -0.25) is 19.7 Å². The van der Waals surface area contributed by atoms with Crippen molar-refractivity contribution < 1.29 is 24.4 Å². The van der Waals surface area contributed by atoms with Crippen molar-refractivity contribution in [1.82, 2.24) is 4.57 Å². The van der Waals surface area contributed by atoms with E-state index in [2.05, 4.69) is 33.9 Å². The number of non-ortho nitro benzene ring substituents is 1. The molecule has 1 amide bonds. The average Bonchev–Trinajstić information content (AvgIpc) is 2.58. The second kappa shape index (κ2) is 8.23. The number of amides is 1. The fraction of sp³-hybridized carbons (Fsp3) is 0.600. The summed E-state index contributed by atoms with van der Waals surface area (Å²) in [6.07, 6.45) is -0.333. The summed E-state index contributed by atoms with van der Waals surface area (Å²) >= 11 is 0. The number of aliphatic hydroxyl groups excluding tert-OH is 1. The molecular weight excluding hydrogens is 392 g/mol. The number of ether oxygens (including phenoxy) is 1. The molecule has 0 spiro atoms. The summed E-state index contributed by atoms with van der Waals surface area (Å²) < 4.78 is 7.17. The lowest BCUT2D eigenvalue weighted by Gasteiger charge is -2.57. The van der Waals surface area contributed by atoms with Gasteiger partial charge in [0.05, 0.1) is 11.0 Å². The summed E-state index contributed by atoms with van der Waals surface area (Å²) in [6.45, 7) is 12.0. The van der Waals surface area contributed by atoms with E-state index < -0.39 is 31.1 Å². The number of β-lactam (4-membered cyclic amide) rings is 1. The molecule has 1 aliphatic rings. The Labute approximate surface area is 172 Å². The Kier molecular flexibility index (Phi) is 6.54. The Bertz CT molecular complexity index is 785. The van der Waals surface area contributed by atoms with E-state index in [4.69, 9.17) is 4.74 Å². The molecule has 2 rings (SSSR count). The molecule has 1 aliphatic heterocycles. The summed E-state index contributed by atoms with van der Waals surface area (Å²) in [5, 5.41) is 20.5. The number of nitrogens with zero attached hydrogens (tertiary/aromatic N) is 2. The van der Waals surface area contributed by atoms with Crippen molar-refractivity contribution in [3.63, 3.8) is 0 Å². The van der Waals surface area contributed by atoms with Crippen LogP contribution in [0.15, 0.2) is 24.3 Å². The van der Waals surface area contributed by atoms with Gasteiger partial charge in [-0.2, -0.15) is 0 Å². The van der Waals surface area contributed by atoms with Gasteiger partial charge in [0, 0.05) is 18.2 Å². The van der Waals surface area contributed by atoms with E-state index in [1.807, 2.05) is 4.57 Å². The van der Waals surface area contributed by atoms with Gasteiger partial charge >= 0.3 is 5.97 Å². The van der Waals surface area contributed by atoms with Gasteiger partial charge in [-0.05, 0) is 36.1 Å². The Morgan fingerprint density at radius 3 is 2.31 bits per heavy atom. The number of nitro groups is 1. The van der Waals surface area contributed by atoms with Gasteiger partial charge in [-0.15, -0.1) is 0 Å². The van der Waals surface area contributed by atoms with Crippen LogP contribution in [0.1, 0.15) is 39.7 Å². The zero-order valence-electron chi connectivity index (χ0n) is 17.8. The minimum absolute atomic E-state index is 0.0451. The van der Waals surface area contributed by atoms with Crippen LogP contribution in [-0.2, 0) is 20.9 Å². The number of nitro benzene ring substituents is 1. The number of hydrogen-bond acceptors (Lipinski definition) is 6. The van der Waals surface area contributed by atoms with E-state index in [-0.39, 0.29) is 29.3 Å². The lowest BCUT2D eigenvalue weighted by atomic mass is 9.86. The van der Waals surface area contributed by atoms with Crippen LogP contribution in [0.25, 0.3) is 0 Å². The Hall–Kier alpha value is -2.26. The number of aliphatic hydroxyl groups is 1. The number of hydrogen-bond donors (Lipinski definition) is 1. The highest BCUT2D eigenvalue weighted by molar-refractivity contribution is 6.80. The SMILES string of the molecule is CC(O)CC1C(C(=O)OCc2ccc([N+](=O)[O-])cc2)C(=O)N1[Si](C)(C)C(C)(C)C. The second-order valence-corrected chi connectivity index (χ2v) is 14.3. The van der Waals surface area contributed by atoms with Crippen LogP contribution in [0.3, 0.4) is 0 Å². The van der Waals surface area contributed by atoms with Crippen molar-refractivity contribution in [2.75, 3.05) is 0 Å². The molecule has 9 heteroatoms. The number of esters is 1. The standard InChI is InChI=1S/C20H30N2O6Si/c1-13(23)11-16-17(18(24)21(16)29(5,6)20(2,3)4)19(25)28-12-14-7-9-15(10-8-14)22(26)27/h7-10,13,16-17,23H,11-12H2,1-6H3. The monoisotopic (exact) mass is 422 g/mol. The molecule has 0 radical (unpaired) electrons. The molecule has 29 heavy (non-hydrogen) atoms. The minimum Gasteiger partial charge on any atom is -0.460 e. The Morgan fingerprint density at radius 2 is 1.86 bits per heavy atom. The normalized spacial score (nSPS) is 20.8. The highest BCUT2D eigenvalue weighted by atomic mass is 28.3. The average molecular weight is 423 g/mol. The molecule has 0 aliphatic carbocycles. The molecule has 1 aromatic carbocycles. The Balaban J connectivity index is 2.12. The summed E-state index contributed by atoms with van der Waals surface area (Å²) in [6, 6.07) is 5.33. The van der Waals surface area contributed by atoms with E-state index >= 15 is 0 Å². The van der Waals surface area contributed by atoms with Gasteiger partial charge in [0.1, 0.15) is 6.61 Å². The maximum Gasteiger partial charge on any atom is 0.320 e. The largest absolute Gasteiger partial charge is 0.460 e. The fourth-order valence-corrected chi connectivity index (χ4v) is 5.90. The highest BCUT2D eigenvalue weighted by Gasteiger charge is 2.60. The molecule has 0 aromatic heterocycles. The molecule has 1 saturated heterocycles. The minimum atomic E-state index is -2.21. The van der Waals surface area contributed by atoms with Gasteiger partial charge in [-0.1, -0.05) is 33.9 Å². The predicted molar refractivity (Wildman–Crippen MR) is 111 cm³/mol. The summed E-state index contributed by atoms with van der Waals surface area (Å²) in [5.74, 6) is -1.78. The smallest absolute Gasteiger partial charge is 0.320 e. The van der Waals surface area contributed by atoms with Crippen LogP contribution >= 0.6 is 0 Å². The molecule has 1 heterocycles. The predicted octanol–water partition coefficient (Wildman–Crippen LogP) is 3.24. The molecule has 1 N–H and O–H groups in total. The maximum atomic E-state index is 12.9. The van der Waals surface area contributed by atoms with E-state index in [1.165, 1.54) is 24.3 Å². The van der Waals surface area contributed by atoms with E-state index in [0.29, 0.717) is 12.0 Å². The zero-order valence-corrected chi connectivity index (χ0v) is 18.8.